The van der Waals surface area contributed by atoms with E-state index in [4.69, 9.17) is 0 Å². The molecule has 1 saturated heterocycles. The fourth-order valence-corrected chi connectivity index (χ4v) is 3.88. The largest absolute Gasteiger partial charge is 0.298 e. The van der Waals surface area contributed by atoms with Gasteiger partial charge in [0.05, 0.1) is 16.4 Å². The fourth-order valence-electron chi connectivity index (χ4n) is 2.31. The van der Waals surface area contributed by atoms with Crippen molar-refractivity contribution >= 4 is 21.5 Å². The Hall–Kier alpha value is -1.80. The number of nitro benzene ring substituents is 1. The number of carbonyl (C=O) groups excluding carboxylic acids is 1. The van der Waals surface area contributed by atoms with Gasteiger partial charge in [-0.2, -0.15) is 4.31 Å². The van der Waals surface area contributed by atoms with Crippen molar-refractivity contribution in [2.45, 2.75) is 31.6 Å². The van der Waals surface area contributed by atoms with Gasteiger partial charge in [0.15, 0.2) is 0 Å². The molecule has 1 aliphatic heterocycles. The van der Waals surface area contributed by atoms with Gasteiger partial charge in [-0.3, -0.25) is 14.9 Å². The lowest BCUT2D eigenvalue weighted by molar-refractivity contribution is -0.385. The van der Waals surface area contributed by atoms with E-state index in [2.05, 4.69) is 0 Å². The average molecular weight is 312 g/mol. The summed E-state index contributed by atoms with van der Waals surface area (Å²) < 4.78 is 26.1. The third-order valence-electron chi connectivity index (χ3n) is 3.66. The van der Waals surface area contributed by atoms with E-state index in [1.165, 1.54) is 6.07 Å². The minimum atomic E-state index is -3.88. The van der Waals surface area contributed by atoms with Crippen LogP contribution in [-0.4, -0.2) is 36.5 Å². The molecule has 0 N–H and O–H groups in total. The molecule has 0 bridgehead atoms. The first-order chi connectivity index (χ1) is 9.73. The Bertz CT molecular complexity index is 712. The highest BCUT2D eigenvalue weighted by Crippen LogP contribution is 2.28. The van der Waals surface area contributed by atoms with Crippen LogP contribution in [0.1, 0.15) is 24.0 Å². The maximum atomic E-state index is 12.5. The molecule has 0 aromatic heterocycles. The predicted molar refractivity (Wildman–Crippen MR) is 75.6 cm³/mol. The van der Waals surface area contributed by atoms with E-state index < -0.39 is 14.9 Å². The molecule has 8 heteroatoms. The zero-order chi connectivity index (χ0) is 15.8. The zero-order valence-corrected chi connectivity index (χ0v) is 12.6. The number of hydrogen-bond donors (Lipinski definition) is 0. The number of sulfonamides is 1. The van der Waals surface area contributed by atoms with Crippen LogP contribution in [0.2, 0.25) is 0 Å². The van der Waals surface area contributed by atoms with Crippen molar-refractivity contribution in [3.8, 4) is 0 Å². The van der Waals surface area contributed by atoms with E-state index in [-0.39, 0.29) is 29.5 Å². The van der Waals surface area contributed by atoms with Crippen LogP contribution in [-0.2, 0) is 14.8 Å². The Labute approximate surface area is 122 Å². The van der Waals surface area contributed by atoms with Crippen LogP contribution in [0.15, 0.2) is 17.0 Å². The number of nitro groups is 1. The van der Waals surface area contributed by atoms with Crippen molar-refractivity contribution < 1.29 is 18.1 Å². The maximum Gasteiger partial charge on any atom is 0.273 e. The molecule has 2 rings (SSSR count). The monoisotopic (exact) mass is 312 g/mol. The molecule has 0 spiro atoms. The topological polar surface area (TPSA) is 97.6 Å². The minimum Gasteiger partial charge on any atom is -0.298 e. The average Bonchev–Trinajstić information content (AvgIpc) is 2.41. The van der Waals surface area contributed by atoms with Crippen molar-refractivity contribution in [2.24, 2.45) is 0 Å². The second-order valence-electron chi connectivity index (χ2n) is 5.12. The van der Waals surface area contributed by atoms with Gasteiger partial charge in [0.2, 0.25) is 10.0 Å². The first-order valence-corrected chi connectivity index (χ1v) is 7.95. The standard InChI is InChI=1S/C13H16N2O5S/c1-9-6-12(7-13(10(9)2)15(17)18)21(19,20)14-5-3-4-11(16)8-14/h6-7H,3-5,8H2,1-2H3. The van der Waals surface area contributed by atoms with Gasteiger partial charge in [-0.15, -0.1) is 0 Å². The molecule has 7 nitrogen and oxygen atoms in total. The molecule has 0 unspecified atom stereocenters. The molecule has 114 valence electrons. The number of carbonyl (C=O) groups is 1. The molecule has 1 aromatic carbocycles. The number of rotatable bonds is 3. The summed E-state index contributed by atoms with van der Waals surface area (Å²) in [6, 6.07) is 2.48. The lowest BCUT2D eigenvalue weighted by Gasteiger charge is -2.25. The molecule has 1 aliphatic rings. The van der Waals surface area contributed by atoms with Gasteiger partial charge < -0.3 is 0 Å². The highest BCUT2D eigenvalue weighted by atomic mass is 32.2. The van der Waals surface area contributed by atoms with Gasteiger partial charge >= 0.3 is 0 Å². The molecule has 1 fully saturated rings. The second-order valence-corrected chi connectivity index (χ2v) is 7.06. The highest BCUT2D eigenvalue weighted by molar-refractivity contribution is 7.89. The zero-order valence-electron chi connectivity index (χ0n) is 11.8. The van der Waals surface area contributed by atoms with E-state index in [1.54, 1.807) is 13.8 Å². The van der Waals surface area contributed by atoms with Crippen molar-refractivity contribution in [3.05, 3.63) is 33.4 Å². The smallest absolute Gasteiger partial charge is 0.273 e. The Kier molecular flexibility index (Phi) is 4.11. The number of nitrogens with zero attached hydrogens (tertiary/aromatic N) is 2. The van der Waals surface area contributed by atoms with E-state index >= 15 is 0 Å². The molecule has 0 aliphatic carbocycles. The SMILES string of the molecule is Cc1cc(S(=O)(=O)N2CCCC(=O)C2)cc([N+](=O)[O-])c1C. The van der Waals surface area contributed by atoms with Crippen molar-refractivity contribution in [1.82, 2.24) is 4.31 Å². The summed E-state index contributed by atoms with van der Waals surface area (Å²) in [5, 5.41) is 11.0. The summed E-state index contributed by atoms with van der Waals surface area (Å²) in [4.78, 5) is 21.7. The summed E-state index contributed by atoms with van der Waals surface area (Å²) >= 11 is 0. The van der Waals surface area contributed by atoms with E-state index in [0.29, 0.717) is 24.0 Å². The Morgan fingerprint density at radius 3 is 2.52 bits per heavy atom. The second kappa shape index (κ2) is 5.53. The van der Waals surface area contributed by atoms with Crippen LogP contribution in [0.25, 0.3) is 0 Å². The molecular formula is C13H16N2O5S. The van der Waals surface area contributed by atoms with E-state index in [1.807, 2.05) is 0 Å². The summed E-state index contributed by atoms with van der Waals surface area (Å²) in [5.41, 5.74) is 0.747. The van der Waals surface area contributed by atoms with E-state index in [0.717, 1.165) is 10.4 Å². The van der Waals surface area contributed by atoms with Crippen LogP contribution in [0.5, 0.6) is 0 Å². The Balaban J connectivity index is 2.50. The number of Topliss-reactive ketones (excluding diaryl/α,β-unsaturated/α-hetero) is 1. The van der Waals surface area contributed by atoms with Crippen molar-refractivity contribution in [3.63, 3.8) is 0 Å². The minimum absolute atomic E-state index is 0.132. The summed E-state index contributed by atoms with van der Waals surface area (Å²) in [5.74, 6) is -0.136. The number of hydrogen-bond acceptors (Lipinski definition) is 5. The first kappa shape index (κ1) is 15.6. The molecule has 1 aromatic rings. The summed E-state index contributed by atoms with van der Waals surface area (Å²) in [7, 11) is -3.88. The third-order valence-corrected chi connectivity index (χ3v) is 5.49. The molecule has 0 amide bonds. The first-order valence-electron chi connectivity index (χ1n) is 6.51. The predicted octanol–water partition coefficient (Wildman–Crippen LogP) is 1.57. The Morgan fingerprint density at radius 1 is 1.29 bits per heavy atom. The quantitative estimate of drug-likeness (QED) is 0.623. The van der Waals surface area contributed by atoms with Gasteiger partial charge in [-0.25, -0.2) is 8.42 Å². The number of piperidine rings is 1. The number of ketones is 1. The Morgan fingerprint density at radius 2 is 1.95 bits per heavy atom. The number of aryl methyl sites for hydroxylation is 1. The number of benzene rings is 1. The third kappa shape index (κ3) is 2.96. The van der Waals surface area contributed by atoms with Gasteiger partial charge in [0, 0.05) is 24.6 Å². The lowest BCUT2D eigenvalue weighted by atomic mass is 10.1. The van der Waals surface area contributed by atoms with Gasteiger partial charge in [0.1, 0.15) is 5.78 Å². The van der Waals surface area contributed by atoms with Crippen molar-refractivity contribution in [1.29, 1.82) is 0 Å². The van der Waals surface area contributed by atoms with Gasteiger partial charge in [0.25, 0.3) is 5.69 Å². The molecule has 0 radical (unpaired) electrons. The van der Waals surface area contributed by atoms with E-state index in [9.17, 15) is 23.3 Å². The van der Waals surface area contributed by atoms with Crippen LogP contribution in [0.4, 0.5) is 5.69 Å². The molecule has 21 heavy (non-hydrogen) atoms. The highest BCUT2D eigenvalue weighted by Gasteiger charge is 2.31. The van der Waals surface area contributed by atoms with Crippen LogP contribution in [0, 0.1) is 24.0 Å². The normalized spacial score (nSPS) is 17.0. The molecule has 1 heterocycles. The maximum absolute atomic E-state index is 12.5. The lowest BCUT2D eigenvalue weighted by Crippen LogP contribution is -2.40. The molecule has 0 atom stereocenters. The fraction of sp³-hybridized carbons (Fsp3) is 0.462. The molecular weight excluding hydrogens is 296 g/mol. The molecule has 0 saturated carbocycles. The van der Waals surface area contributed by atoms with Crippen LogP contribution in [0.3, 0.4) is 0 Å². The summed E-state index contributed by atoms with van der Waals surface area (Å²) in [6.07, 6.45) is 0.851. The van der Waals surface area contributed by atoms with Crippen LogP contribution < -0.4 is 0 Å². The summed E-state index contributed by atoms with van der Waals surface area (Å²) in [6.45, 7) is 3.30. The van der Waals surface area contributed by atoms with Gasteiger partial charge in [-0.05, 0) is 31.9 Å². The van der Waals surface area contributed by atoms with Crippen molar-refractivity contribution in [2.75, 3.05) is 13.1 Å². The van der Waals surface area contributed by atoms with Gasteiger partial charge in [-0.1, -0.05) is 0 Å². The van der Waals surface area contributed by atoms with Crippen LogP contribution >= 0.6 is 0 Å².